The number of ether oxygens (including phenoxy) is 1. The van der Waals surface area contributed by atoms with E-state index in [4.69, 9.17) is 16.3 Å². The van der Waals surface area contributed by atoms with Gasteiger partial charge in [-0.1, -0.05) is 18.5 Å². The number of hydrogen-bond acceptors (Lipinski definition) is 3. The lowest BCUT2D eigenvalue weighted by molar-refractivity contribution is -0.108. The van der Waals surface area contributed by atoms with Crippen molar-refractivity contribution in [2.45, 2.75) is 19.3 Å². The van der Waals surface area contributed by atoms with Gasteiger partial charge in [0.1, 0.15) is 12.1 Å². The van der Waals surface area contributed by atoms with Crippen molar-refractivity contribution < 1.29 is 19.0 Å². The summed E-state index contributed by atoms with van der Waals surface area (Å²) in [5.74, 6) is -1.26. The summed E-state index contributed by atoms with van der Waals surface area (Å²) in [4.78, 5) is 10.4. The molecule has 0 aliphatic carbocycles. The number of carbonyl (C=O) groups is 1. The molecule has 0 aromatic heterocycles. The Morgan fingerprint density at radius 3 is 2.81 bits per heavy atom. The molecule has 1 aromatic carbocycles. The van der Waals surface area contributed by atoms with E-state index in [0.29, 0.717) is 11.8 Å². The first-order valence-corrected chi connectivity index (χ1v) is 5.09. The van der Waals surface area contributed by atoms with Crippen LogP contribution in [-0.2, 0) is 4.79 Å². The molecule has 16 heavy (non-hydrogen) atoms. The van der Waals surface area contributed by atoms with Crippen LogP contribution in [0.1, 0.15) is 24.8 Å². The van der Waals surface area contributed by atoms with Crippen LogP contribution in [0.25, 0.3) is 0 Å². The average Bonchev–Trinajstić information content (AvgIpc) is 2.23. The second kappa shape index (κ2) is 5.16. The van der Waals surface area contributed by atoms with Gasteiger partial charge in [-0.2, -0.15) is 0 Å². The lowest BCUT2D eigenvalue weighted by atomic mass is 9.96. The van der Waals surface area contributed by atoms with Crippen molar-refractivity contribution >= 4 is 17.9 Å². The molecule has 0 bridgehead atoms. The predicted octanol–water partition coefficient (Wildman–Crippen LogP) is 2.89. The van der Waals surface area contributed by atoms with Crippen molar-refractivity contribution in [2.75, 3.05) is 7.11 Å². The van der Waals surface area contributed by atoms with Crippen LogP contribution in [0.15, 0.2) is 6.07 Å². The third-order valence-corrected chi connectivity index (χ3v) is 2.72. The molecule has 0 amide bonds. The van der Waals surface area contributed by atoms with E-state index in [2.05, 4.69) is 0 Å². The van der Waals surface area contributed by atoms with Crippen molar-refractivity contribution in [2.24, 2.45) is 0 Å². The van der Waals surface area contributed by atoms with Crippen LogP contribution in [0.4, 0.5) is 4.39 Å². The fourth-order valence-electron chi connectivity index (χ4n) is 1.53. The minimum Gasteiger partial charge on any atom is -0.504 e. The summed E-state index contributed by atoms with van der Waals surface area (Å²) in [7, 11) is 1.35. The van der Waals surface area contributed by atoms with E-state index >= 15 is 0 Å². The Balaban J connectivity index is 3.37. The first kappa shape index (κ1) is 12.8. The van der Waals surface area contributed by atoms with E-state index in [1.807, 2.05) is 0 Å². The molecular formula is C11H12ClFO3. The summed E-state index contributed by atoms with van der Waals surface area (Å²) in [6.45, 7) is 1.71. The maximum Gasteiger partial charge on any atom is 0.165 e. The lowest BCUT2D eigenvalue weighted by Crippen LogP contribution is -2.01. The van der Waals surface area contributed by atoms with Crippen molar-refractivity contribution in [1.29, 1.82) is 0 Å². The standard InChI is InChI=1S/C11H12ClFO3/c1-6(3-4-14)9-10(12)7(13)5-8(15)11(9)16-2/h4-6,15H,3H2,1-2H3. The Hall–Kier alpha value is -1.29. The van der Waals surface area contributed by atoms with E-state index in [1.165, 1.54) is 7.11 Å². The first-order chi connectivity index (χ1) is 7.52. The van der Waals surface area contributed by atoms with Crippen molar-refractivity contribution in [3.63, 3.8) is 0 Å². The molecule has 0 heterocycles. The number of rotatable bonds is 4. The predicted molar refractivity (Wildman–Crippen MR) is 58.7 cm³/mol. The van der Waals surface area contributed by atoms with Crippen molar-refractivity contribution in [3.05, 3.63) is 22.5 Å². The first-order valence-electron chi connectivity index (χ1n) is 4.71. The zero-order chi connectivity index (χ0) is 12.3. The zero-order valence-corrected chi connectivity index (χ0v) is 9.71. The number of aldehydes is 1. The molecule has 0 spiro atoms. The van der Waals surface area contributed by atoms with Gasteiger partial charge in [-0.25, -0.2) is 4.39 Å². The molecule has 88 valence electrons. The number of halogens is 2. The second-order valence-electron chi connectivity index (χ2n) is 3.44. The SMILES string of the molecule is COc1c(O)cc(F)c(Cl)c1C(C)CC=O. The summed E-state index contributed by atoms with van der Waals surface area (Å²) in [6, 6.07) is 0.887. The number of benzene rings is 1. The van der Waals surface area contributed by atoms with Crippen LogP contribution in [-0.4, -0.2) is 18.5 Å². The van der Waals surface area contributed by atoms with Crippen LogP contribution in [0.2, 0.25) is 5.02 Å². The van der Waals surface area contributed by atoms with E-state index in [0.717, 1.165) is 6.07 Å². The topological polar surface area (TPSA) is 46.5 Å². The van der Waals surface area contributed by atoms with E-state index in [9.17, 15) is 14.3 Å². The quantitative estimate of drug-likeness (QED) is 0.831. The van der Waals surface area contributed by atoms with E-state index < -0.39 is 5.82 Å². The lowest BCUT2D eigenvalue weighted by Gasteiger charge is -2.16. The van der Waals surface area contributed by atoms with Gasteiger partial charge in [0.05, 0.1) is 12.1 Å². The largest absolute Gasteiger partial charge is 0.504 e. The zero-order valence-electron chi connectivity index (χ0n) is 8.96. The van der Waals surface area contributed by atoms with E-state index in [-0.39, 0.29) is 28.9 Å². The molecule has 0 saturated heterocycles. The summed E-state index contributed by atoms with van der Waals surface area (Å²) < 4.78 is 18.3. The number of methoxy groups -OCH3 is 1. The third-order valence-electron chi connectivity index (χ3n) is 2.33. The number of phenols is 1. The van der Waals surface area contributed by atoms with E-state index in [1.54, 1.807) is 6.92 Å². The second-order valence-corrected chi connectivity index (χ2v) is 3.82. The Kier molecular flexibility index (Phi) is 4.12. The molecule has 0 radical (unpaired) electrons. The van der Waals surface area contributed by atoms with Gasteiger partial charge in [0.2, 0.25) is 0 Å². The fraction of sp³-hybridized carbons (Fsp3) is 0.364. The van der Waals surface area contributed by atoms with Crippen LogP contribution < -0.4 is 4.74 Å². The minimum atomic E-state index is -0.729. The minimum absolute atomic E-state index is 0.112. The molecule has 1 unspecified atom stereocenters. The maximum absolute atomic E-state index is 13.3. The average molecular weight is 247 g/mol. The molecule has 1 atom stereocenters. The smallest absolute Gasteiger partial charge is 0.165 e. The van der Waals surface area contributed by atoms with Crippen LogP contribution >= 0.6 is 11.6 Å². The molecule has 1 aromatic rings. The Labute approximate surface area is 97.8 Å². The molecule has 5 heteroatoms. The highest BCUT2D eigenvalue weighted by molar-refractivity contribution is 6.31. The van der Waals surface area contributed by atoms with Crippen LogP contribution in [0.3, 0.4) is 0 Å². The van der Waals surface area contributed by atoms with Crippen molar-refractivity contribution in [1.82, 2.24) is 0 Å². The summed E-state index contributed by atoms with van der Waals surface area (Å²) in [6.07, 6.45) is 0.890. The van der Waals surface area contributed by atoms with Gasteiger partial charge in [-0.15, -0.1) is 0 Å². The molecule has 1 rings (SSSR count). The molecule has 0 fully saturated rings. The molecular weight excluding hydrogens is 235 g/mol. The number of aromatic hydroxyl groups is 1. The van der Waals surface area contributed by atoms with Crippen molar-refractivity contribution in [3.8, 4) is 11.5 Å². The highest BCUT2D eigenvalue weighted by Gasteiger charge is 2.22. The molecule has 1 N–H and O–H groups in total. The summed E-state index contributed by atoms with van der Waals surface area (Å²) in [5.41, 5.74) is 0.314. The monoisotopic (exact) mass is 246 g/mol. The Bertz CT molecular complexity index is 407. The fourth-order valence-corrected chi connectivity index (χ4v) is 1.86. The van der Waals surface area contributed by atoms with Gasteiger partial charge >= 0.3 is 0 Å². The van der Waals surface area contributed by atoms with Crippen LogP contribution in [0, 0.1) is 5.82 Å². The number of phenolic OH excluding ortho intramolecular Hbond substituents is 1. The van der Waals surface area contributed by atoms with Gasteiger partial charge in [-0.3, -0.25) is 0 Å². The normalized spacial score (nSPS) is 12.2. The van der Waals surface area contributed by atoms with Gasteiger partial charge < -0.3 is 14.6 Å². The molecule has 0 aliphatic heterocycles. The van der Waals surface area contributed by atoms with Gasteiger partial charge in [0.25, 0.3) is 0 Å². The van der Waals surface area contributed by atoms with Gasteiger partial charge in [0.15, 0.2) is 11.5 Å². The highest BCUT2D eigenvalue weighted by Crippen LogP contribution is 2.42. The number of carbonyl (C=O) groups excluding carboxylic acids is 1. The third kappa shape index (κ3) is 2.27. The molecule has 0 aliphatic rings. The van der Waals surface area contributed by atoms with Gasteiger partial charge in [0, 0.05) is 18.1 Å². The number of hydrogen-bond donors (Lipinski definition) is 1. The highest BCUT2D eigenvalue weighted by atomic mass is 35.5. The summed E-state index contributed by atoms with van der Waals surface area (Å²) >= 11 is 5.80. The Morgan fingerprint density at radius 2 is 2.31 bits per heavy atom. The Morgan fingerprint density at radius 1 is 1.69 bits per heavy atom. The molecule has 3 nitrogen and oxygen atoms in total. The molecule has 0 saturated carbocycles. The maximum atomic E-state index is 13.3. The summed E-state index contributed by atoms with van der Waals surface area (Å²) in [5, 5.41) is 9.38. The van der Waals surface area contributed by atoms with Gasteiger partial charge in [-0.05, 0) is 5.92 Å². The van der Waals surface area contributed by atoms with Crippen LogP contribution in [0.5, 0.6) is 11.5 Å².